The van der Waals surface area contributed by atoms with Crippen molar-refractivity contribution >= 4 is 12.1 Å². The van der Waals surface area contributed by atoms with Gasteiger partial charge in [-0.1, -0.05) is 19.3 Å². The highest BCUT2D eigenvalue weighted by molar-refractivity contribution is 5.80. The van der Waals surface area contributed by atoms with Crippen LogP contribution in [0.5, 0.6) is 11.5 Å². The lowest BCUT2D eigenvalue weighted by molar-refractivity contribution is -0.147. The predicted octanol–water partition coefficient (Wildman–Crippen LogP) is 4.60. The fraction of sp³-hybridized carbons (Fsp3) is 0.692. The minimum Gasteiger partial charge on any atom is -0.497 e. The summed E-state index contributed by atoms with van der Waals surface area (Å²) in [5, 5.41) is 11.8. The maximum Gasteiger partial charge on any atom is 0.408 e. The van der Waals surface area contributed by atoms with E-state index >= 15 is 0 Å². The number of carboxylic acid groups (broad SMARTS) is 1. The van der Waals surface area contributed by atoms with Crippen LogP contribution in [0.2, 0.25) is 0 Å². The topological polar surface area (TPSA) is 129 Å². The zero-order valence-electron chi connectivity index (χ0n) is 22.5. The molecule has 1 aromatic rings. The molecular formula is C26H44N2O7. The SMILES string of the molecule is COc1cc(OC)cc(C(C)(C)OC(=O)N[C@H](C(=O)O)C(C)OC(C)(C)C)c1.NC1CCCCC1. The van der Waals surface area contributed by atoms with Crippen molar-refractivity contribution in [1.82, 2.24) is 5.32 Å². The number of amides is 1. The van der Waals surface area contributed by atoms with Crippen molar-refractivity contribution in [1.29, 1.82) is 0 Å². The number of aliphatic carboxylic acids is 1. The van der Waals surface area contributed by atoms with Crippen molar-refractivity contribution in [3.05, 3.63) is 23.8 Å². The summed E-state index contributed by atoms with van der Waals surface area (Å²) in [7, 11) is 3.04. The first-order valence-electron chi connectivity index (χ1n) is 12.1. The van der Waals surface area contributed by atoms with Crippen LogP contribution >= 0.6 is 0 Å². The Balaban J connectivity index is 0.000000744. The highest BCUT2D eigenvalue weighted by Crippen LogP contribution is 2.32. The summed E-state index contributed by atoms with van der Waals surface area (Å²) in [5.74, 6) is -0.126. The molecule has 4 N–H and O–H groups in total. The Hall–Kier alpha value is -2.52. The molecule has 0 aliphatic heterocycles. The minimum absolute atomic E-state index is 0.536. The first-order chi connectivity index (χ1) is 16.2. The third-order valence-electron chi connectivity index (χ3n) is 5.59. The summed E-state index contributed by atoms with van der Waals surface area (Å²) >= 11 is 0. The average Bonchev–Trinajstić information content (AvgIpc) is 2.76. The summed E-state index contributed by atoms with van der Waals surface area (Å²) in [6, 6.07) is 4.41. The minimum atomic E-state index is -1.26. The number of hydrogen-bond donors (Lipinski definition) is 3. The number of carbonyl (C=O) groups excluding carboxylic acids is 1. The van der Waals surface area contributed by atoms with E-state index in [1.807, 2.05) is 0 Å². The lowest BCUT2D eigenvalue weighted by atomic mass is 9.97. The van der Waals surface area contributed by atoms with E-state index in [0.29, 0.717) is 23.1 Å². The molecule has 9 nitrogen and oxygen atoms in total. The number of benzene rings is 1. The Kier molecular flexibility index (Phi) is 11.8. The van der Waals surface area contributed by atoms with Crippen LogP contribution in [-0.2, 0) is 19.9 Å². The van der Waals surface area contributed by atoms with Crippen LogP contribution in [0.25, 0.3) is 0 Å². The number of carboxylic acids is 1. The Morgan fingerprint density at radius 1 is 1.00 bits per heavy atom. The van der Waals surface area contributed by atoms with E-state index in [1.165, 1.54) is 46.3 Å². The van der Waals surface area contributed by atoms with E-state index in [1.54, 1.807) is 59.7 Å². The largest absolute Gasteiger partial charge is 0.497 e. The van der Waals surface area contributed by atoms with Crippen LogP contribution in [0.4, 0.5) is 4.79 Å². The zero-order chi connectivity index (χ0) is 26.8. The van der Waals surface area contributed by atoms with Gasteiger partial charge in [0, 0.05) is 17.7 Å². The van der Waals surface area contributed by atoms with Crippen LogP contribution in [0.15, 0.2) is 18.2 Å². The van der Waals surface area contributed by atoms with Crippen molar-refractivity contribution in [2.24, 2.45) is 5.73 Å². The van der Waals surface area contributed by atoms with Crippen LogP contribution in [-0.4, -0.2) is 55.2 Å². The van der Waals surface area contributed by atoms with Gasteiger partial charge in [-0.05, 0) is 66.5 Å². The van der Waals surface area contributed by atoms with Gasteiger partial charge in [-0.3, -0.25) is 0 Å². The smallest absolute Gasteiger partial charge is 0.408 e. The molecule has 2 rings (SSSR count). The third-order valence-corrected chi connectivity index (χ3v) is 5.59. The van der Waals surface area contributed by atoms with E-state index < -0.39 is 35.4 Å². The molecule has 0 spiro atoms. The first kappa shape index (κ1) is 30.5. The van der Waals surface area contributed by atoms with Gasteiger partial charge in [0.1, 0.15) is 17.1 Å². The van der Waals surface area contributed by atoms with Crippen LogP contribution in [0.3, 0.4) is 0 Å². The van der Waals surface area contributed by atoms with Crippen molar-refractivity contribution in [2.75, 3.05) is 14.2 Å². The van der Waals surface area contributed by atoms with E-state index in [-0.39, 0.29) is 0 Å². The van der Waals surface area contributed by atoms with Gasteiger partial charge < -0.3 is 35.1 Å². The maximum absolute atomic E-state index is 12.4. The molecule has 1 amide bonds. The molecule has 1 fully saturated rings. The number of methoxy groups -OCH3 is 2. The number of alkyl carbamates (subject to hydrolysis) is 1. The molecule has 2 atom stereocenters. The Morgan fingerprint density at radius 3 is 1.89 bits per heavy atom. The fourth-order valence-corrected chi connectivity index (χ4v) is 3.74. The summed E-state index contributed by atoms with van der Waals surface area (Å²) in [5.41, 5.74) is 4.64. The van der Waals surface area contributed by atoms with E-state index in [9.17, 15) is 14.7 Å². The molecule has 0 heterocycles. The lowest BCUT2D eigenvalue weighted by Crippen LogP contribution is -2.51. The quantitative estimate of drug-likeness (QED) is 0.476. The normalized spacial score (nSPS) is 16.3. The first-order valence-corrected chi connectivity index (χ1v) is 12.1. The molecule has 1 saturated carbocycles. The van der Waals surface area contributed by atoms with Gasteiger partial charge in [0.05, 0.1) is 25.9 Å². The highest BCUT2D eigenvalue weighted by Gasteiger charge is 2.33. The maximum atomic E-state index is 12.4. The molecule has 35 heavy (non-hydrogen) atoms. The number of nitrogens with one attached hydrogen (secondary N) is 1. The van der Waals surface area contributed by atoms with Crippen molar-refractivity contribution in [3.8, 4) is 11.5 Å². The van der Waals surface area contributed by atoms with Gasteiger partial charge in [0.2, 0.25) is 0 Å². The van der Waals surface area contributed by atoms with Gasteiger partial charge in [-0.25, -0.2) is 9.59 Å². The van der Waals surface area contributed by atoms with Gasteiger partial charge >= 0.3 is 12.1 Å². The molecule has 1 aromatic carbocycles. The number of hydrogen-bond acceptors (Lipinski definition) is 7. The molecule has 200 valence electrons. The summed E-state index contributed by atoms with van der Waals surface area (Å²) in [6.07, 6.45) is 5.03. The highest BCUT2D eigenvalue weighted by atomic mass is 16.6. The van der Waals surface area contributed by atoms with Crippen molar-refractivity contribution in [3.63, 3.8) is 0 Å². The predicted molar refractivity (Wildman–Crippen MR) is 135 cm³/mol. The van der Waals surface area contributed by atoms with Crippen molar-refractivity contribution in [2.45, 2.75) is 103 Å². The van der Waals surface area contributed by atoms with Crippen LogP contribution in [0, 0.1) is 0 Å². The molecule has 0 bridgehead atoms. The Bertz CT molecular complexity index is 792. The zero-order valence-corrected chi connectivity index (χ0v) is 22.5. The molecule has 9 heteroatoms. The molecule has 1 unspecified atom stereocenters. The molecule has 0 aromatic heterocycles. The average molecular weight is 497 g/mol. The van der Waals surface area contributed by atoms with Crippen LogP contribution in [0.1, 0.15) is 79.2 Å². The lowest BCUT2D eigenvalue weighted by Gasteiger charge is -2.31. The second-order valence-corrected chi connectivity index (χ2v) is 10.3. The standard InChI is InChI=1S/C20H31NO7.C6H13N/c1-12(27-19(2,3)4)16(17(22)23)21-18(24)28-20(5,6)13-9-14(25-7)11-15(10-13)26-8;7-6-4-2-1-3-5-6/h9-12,16H,1-8H3,(H,21,24)(H,22,23);6H,1-5,7H2/t12?,16-;/m0./s1. The molecule has 1 aliphatic carbocycles. The Labute approximate surface area is 209 Å². The molecule has 0 saturated heterocycles. The number of nitrogens with two attached hydrogens (primary N) is 1. The van der Waals surface area contributed by atoms with Crippen LogP contribution < -0.4 is 20.5 Å². The third kappa shape index (κ3) is 11.2. The van der Waals surface area contributed by atoms with Gasteiger partial charge in [0.15, 0.2) is 6.04 Å². The summed E-state index contributed by atoms with van der Waals surface area (Å²) < 4.78 is 21.6. The number of ether oxygens (including phenoxy) is 4. The second-order valence-electron chi connectivity index (χ2n) is 10.3. The monoisotopic (exact) mass is 496 g/mol. The fourth-order valence-electron chi connectivity index (χ4n) is 3.74. The molecular weight excluding hydrogens is 452 g/mol. The summed E-state index contributed by atoms with van der Waals surface area (Å²) in [4.78, 5) is 24.0. The van der Waals surface area contributed by atoms with E-state index in [2.05, 4.69) is 5.32 Å². The number of rotatable bonds is 8. The molecule has 1 aliphatic rings. The van der Waals surface area contributed by atoms with Gasteiger partial charge in [0.25, 0.3) is 0 Å². The summed E-state index contributed by atoms with van der Waals surface area (Å²) in [6.45, 7) is 10.4. The van der Waals surface area contributed by atoms with Crippen molar-refractivity contribution < 1.29 is 33.6 Å². The van der Waals surface area contributed by atoms with E-state index in [4.69, 9.17) is 24.7 Å². The second kappa shape index (κ2) is 13.5. The number of carbonyl (C=O) groups is 2. The van der Waals surface area contributed by atoms with E-state index in [0.717, 1.165) is 0 Å². The molecule has 0 radical (unpaired) electrons. The van der Waals surface area contributed by atoms with Gasteiger partial charge in [-0.2, -0.15) is 0 Å². The Morgan fingerprint density at radius 2 is 1.51 bits per heavy atom. The van der Waals surface area contributed by atoms with Gasteiger partial charge in [-0.15, -0.1) is 0 Å².